The van der Waals surface area contributed by atoms with Gasteiger partial charge in [0.05, 0.1) is 17.4 Å². The standard InChI is InChI=1S/C13H19N3O2/c1-15(8-9-16-6-2-3-7-16)12-10-14-5-4-11(12)13(17)18/h4-5,10H,2-3,6-9H2,1H3,(H,17,18). The highest BCUT2D eigenvalue weighted by Gasteiger charge is 2.15. The van der Waals surface area contributed by atoms with Crippen molar-refractivity contribution in [3.05, 3.63) is 24.0 Å². The first-order valence-electron chi connectivity index (χ1n) is 6.29. The highest BCUT2D eigenvalue weighted by atomic mass is 16.4. The van der Waals surface area contributed by atoms with Crippen LogP contribution in [0.4, 0.5) is 5.69 Å². The van der Waals surface area contributed by atoms with Crippen LogP contribution >= 0.6 is 0 Å². The molecule has 1 aromatic heterocycles. The maximum atomic E-state index is 11.1. The van der Waals surface area contributed by atoms with Crippen LogP contribution in [0.3, 0.4) is 0 Å². The Morgan fingerprint density at radius 2 is 2.22 bits per heavy atom. The summed E-state index contributed by atoms with van der Waals surface area (Å²) in [4.78, 5) is 19.5. The minimum Gasteiger partial charge on any atom is -0.478 e. The Balaban J connectivity index is 1.99. The lowest BCUT2D eigenvalue weighted by atomic mass is 10.2. The summed E-state index contributed by atoms with van der Waals surface area (Å²) in [5.41, 5.74) is 0.998. The molecule has 98 valence electrons. The highest BCUT2D eigenvalue weighted by Crippen LogP contribution is 2.18. The average molecular weight is 249 g/mol. The van der Waals surface area contributed by atoms with Gasteiger partial charge in [-0.2, -0.15) is 0 Å². The number of hydrogen-bond acceptors (Lipinski definition) is 4. The summed E-state index contributed by atoms with van der Waals surface area (Å²) >= 11 is 0. The molecule has 0 amide bonds. The third-order valence-electron chi connectivity index (χ3n) is 3.39. The fourth-order valence-corrected chi connectivity index (χ4v) is 2.29. The van der Waals surface area contributed by atoms with E-state index in [4.69, 9.17) is 5.11 Å². The Morgan fingerprint density at radius 3 is 2.89 bits per heavy atom. The molecular formula is C13H19N3O2. The number of pyridine rings is 1. The van der Waals surface area contributed by atoms with E-state index in [1.165, 1.54) is 19.0 Å². The van der Waals surface area contributed by atoms with Crippen molar-refractivity contribution in [1.82, 2.24) is 9.88 Å². The van der Waals surface area contributed by atoms with Crippen LogP contribution < -0.4 is 4.90 Å². The second-order valence-electron chi connectivity index (χ2n) is 4.67. The van der Waals surface area contributed by atoms with Gasteiger partial charge >= 0.3 is 5.97 Å². The molecule has 0 radical (unpaired) electrons. The largest absolute Gasteiger partial charge is 0.478 e. The normalized spacial score (nSPS) is 15.8. The van der Waals surface area contributed by atoms with Crippen molar-refractivity contribution >= 4 is 11.7 Å². The molecule has 1 aromatic rings. The van der Waals surface area contributed by atoms with Gasteiger partial charge in [-0.25, -0.2) is 4.79 Å². The molecule has 0 aliphatic carbocycles. The smallest absolute Gasteiger partial charge is 0.337 e. The zero-order chi connectivity index (χ0) is 13.0. The van der Waals surface area contributed by atoms with Crippen molar-refractivity contribution in [3.8, 4) is 0 Å². The van der Waals surface area contributed by atoms with E-state index in [1.54, 1.807) is 12.3 Å². The Hall–Kier alpha value is -1.62. The molecule has 0 aromatic carbocycles. The molecule has 2 rings (SSSR count). The predicted molar refractivity (Wildman–Crippen MR) is 70.1 cm³/mol. The SMILES string of the molecule is CN(CCN1CCCC1)c1cnccc1C(=O)O. The Morgan fingerprint density at radius 1 is 1.50 bits per heavy atom. The molecule has 5 heteroatoms. The van der Waals surface area contributed by atoms with Crippen LogP contribution in [0.5, 0.6) is 0 Å². The van der Waals surface area contributed by atoms with E-state index in [0.717, 1.165) is 26.2 Å². The van der Waals surface area contributed by atoms with Crippen LogP contribution in [-0.2, 0) is 0 Å². The lowest BCUT2D eigenvalue weighted by Gasteiger charge is -2.23. The van der Waals surface area contributed by atoms with E-state index >= 15 is 0 Å². The van der Waals surface area contributed by atoms with E-state index in [-0.39, 0.29) is 0 Å². The second kappa shape index (κ2) is 5.82. The maximum Gasteiger partial charge on any atom is 0.337 e. The van der Waals surface area contributed by atoms with Gasteiger partial charge in [0.25, 0.3) is 0 Å². The molecule has 1 saturated heterocycles. The topological polar surface area (TPSA) is 56.7 Å². The first-order valence-corrected chi connectivity index (χ1v) is 6.29. The minimum absolute atomic E-state index is 0.314. The Bertz CT molecular complexity index is 416. The van der Waals surface area contributed by atoms with Crippen molar-refractivity contribution in [2.45, 2.75) is 12.8 Å². The van der Waals surface area contributed by atoms with E-state index in [2.05, 4.69) is 9.88 Å². The number of likely N-dealkylation sites (tertiary alicyclic amines) is 1. The van der Waals surface area contributed by atoms with Crippen LogP contribution in [0, 0.1) is 0 Å². The second-order valence-corrected chi connectivity index (χ2v) is 4.67. The first-order chi connectivity index (χ1) is 8.68. The number of carboxylic acids is 1. The van der Waals surface area contributed by atoms with Crippen molar-refractivity contribution in [3.63, 3.8) is 0 Å². The van der Waals surface area contributed by atoms with Gasteiger partial charge < -0.3 is 14.9 Å². The molecule has 1 N–H and O–H groups in total. The van der Waals surface area contributed by atoms with E-state index in [0.29, 0.717) is 11.3 Å². The summed E-state index contributed by atoms with van der Waals surface area (Å²) in [5.74, 6) is -0.902. The van der Waals surface area contributed by atoms with E-state index < -0.39 is 5.97 Å². The van der Waals surface area contributed by atoms with Crippen molar-refractivity contribution in [2.24, 2.45) is 0 Å². The van der Waals surface area contributed by atoms with Gasteiger partial charge in [0.15, 0.2) is 0 Å². The van der Waals surface area contributed by atoms with Crippen LogP contribution in [0.2, 0.25) is 0 Å². The Labute approximate surface area is 107 Å². The van der Waals surface area contributed by atoms with Crippen LogP contribution in [0.1, 0.15) is 23.2 Å². The number of nitrogens with zero attached hydrogens (tertiary/aromatic N) is 3. The van der Waals surface area contributed by atoms with Crippen molar-refractivity contribution in [2.75, 3.05) is 38.1 Å². The van der Waals surface area contributed by atoms with Crippen LogP contribution in [-0.4, -0.2) is 54.2 Å². The van der Waals surface area contributed by atoms with E-state index in [1.807, 2.05) is 11.9 Å². The third-order valence-corrected chi connectivity index (χ3v) is 3.39. The lowest BCUT2D eigenvalue weighted by molar-refractivity contribution is 0.0697. The monoisotopic (exact) mass is 249 g/mol. The molecule has 0 saturated carbocycles. The molecule has 0 spiro atoms. The Kier molecular flexibility index (Phi) is 4.15. The van der Waals surface area contributed by atoms with E-state index in [9.17, 15) is 4.79 Å². The summed E-state index contributed by atoms with van der Waals surface area (Å²) in [6.45, 7) is 4.12. The van der Waals surface area contributed by atoms with Gasteiger partial charge in [0.1, 0.15) is 0 Å². The van der Waals surface area contributed by atoms with Gasteiger partial charge in [-0.15, -0.1) is 0 Å². The molecular weight excluding hydrogens is 230 g/mol. The lowest BCUT2D eigenvalue weighted by Crippen LogP contribution is -2.32. The molecule has 1 fully saturated rings. The molecule has 18 heavy (non-hydrogen) atoms. The zero-order valence-corrected chi connectivity index (χ0v) is 10.7. The van der Waals surface area contributed by atoms with Crippen LogP contribution in [0.15, 0.2) is 18.5 Å². The van der Waals surface area contributed by atoms with Crippen molar-refractivity contribution in [1.29, 1.82) is 0 Å². The number of carboxylic acid groups (broad SMARTS) is 1. The molecule has 0 unspecified atom stereocenters. The number of aromatic nitrogens is 1. The summed E-state index contributed by atoms with van der Waals surface area (Å²) < 4.78 is 0. The van der Waals surface area contributed by atoms with Gasteiger partial charge in [0, 0.05) is 26.3 Å². The molecule has 0 atom stereocenters. The minimum atomic E-state index is -0.902. The summed E-state index contributed by atoms with van der Waals surface area (Å²) in [5, 5.41) is 9.13. The predicted octanol–water partition coefficient (Wildman–Crippen LogP) is 1.31. The summed E-state index contributed by atoms with van der Waals surface area (Å²) in [6.07, 6.45) is 5.68. The third kappa shape index (κ3) is 2.98. The fraction of sp³-hybridized carbons (Fsp3) is 0.538. The van der Waals surface area contributed by atoms with Gasteiger partial charge in [-0.05, 0) is 32.0 Å². The summed E-state index contributed by atoms with van der Waals surface area (Å²) in [6, 6.07) is 1.55. The molecule has 1 aliphatic heterocycles. The average Bonchev–Trinajstić information content (AvgIpc) is 2.89. The molecule has 0 bridgehead atoms. The maximum absolute atomic E-state index is 11.1. The van der Waals surface area contributed by atoms with Gasteiger partial charge in [-0.1, -0.05) is 0 Å². The molecule has 2 heterocycles. The molecule has 1 aliphatic rings. The number of anilines is 1. The number of rotatable bonds is 5. The molecule has 5 nitrogen and oxygen atoms in total. The van der Waals surface area contributed by atoms with Crippen LogP contribution in [0.25, 0.3) is 0 Å². The summed E-state index contributed by atoms with van der Waals surface area (Å²) in [7, 11) is 1.92. The number of carbonyl (C=O) groups is 1. The van der Waals surface area contributed by atoms with Gasteiger partial charge in [0.2, 0.25) is 0 Å². The zero-order valence-electron chi connectivity index (χ0n) is 10.7. The quantitative estimate of drug-likeness (QED) is 0.852. The number of hydrogen-bond donors (Lipinski definition) is 1. The fourth-order valence-electron chi connectivity index (χ4n) is 2.29. The number of likely N-dealkylation sites (N-methyl/N-ethyl adjacent to an activating group) is 1. The van der Waals surface area contributed by atoms with Gasteiger partial charge in [-0.3, -0.25) is 4.98 Å². The highest BCUT2D eigenvalue weighted by molar-refractivity contribution is 5.94. The van der Waals surface area contributed by atoms with Crippen molar-refractivity contribution < 1.29 is 9.90 Å². The number of aromatic carboxylic acids is 1. The first kappa shape index (κ1) is 12.8.